The lowest BCUT2D eigenvalue weighted by Gasteiger charge is -2.10. The molecule has 0 unspecified atom stereocenters. The quantitative estimate of drug-likeness (QED) is 0.569. The van der Waals surface area contributed by atoms with Gasteiger partial charge in [0.25, 0.3) is 5.91 Å². The predicted octanol–water partition coefficient (Wildman–Crippen LogP) is 2.72. The molecule has 0 radical (unpaired) electrons. The van der Waals surface area contributed by atoms with E-state index in [0.29, 0.717) is 10.4 Å². The highest BCUT2D eigenvalue weighted by Crippen LogP contribution is 2.22. The fourth-order valence-electron chi connectivity index (χ4n) is 2.75. The number of amides is 1. The zero-order chi connectivity index (χ0) is 20.1. The van der Waals surface area contributed by atoms with Crippen LogP contribution in [-0.2, 0) is 19.5 Å². The van der Waals surface area contributed by atoms with Crippen LogP contribution in [0.25, 0.3) is 0 Å². The van der Waals surface area contributed by atoms with E-state index in [-0.39, 0.29) is 21.8 Å². The van der Waals surface area contributed by atoms with Crippen LogP contribution >= 0.6 is 11.3 Å². The Morgan fingerprint density at radius 3 is 2.57 bits per heavy atom. The molecule has 2 aromatic rings. The van der Waals surface area contributed by atoms with Crippen molar-refractivity contribution in [3.05, 3.63) is 40.9 Å². The molecular formula is C18H18N4O4S2. The Morgan fingerprint density at radius 2 is 2.00 bits per heavy atom. The second-order valence-corrected chi connectivity index (χ2v) is 9.39. The Morgan fingerprint density at radius 1 is 1.32 bits per heavy atom. The average molecular weight is 419 g/mol. The van der Waals surface area contributed by atoms with Gasteiger partial charge in [-0.1, -0.05) is 28.6 Å². The molecule has 1 aromatic carbocycles. The zero-order valence-electron chi connectivity index (χ0n) is 15.1. The number of rotatable bonds is 6. The highest BCUT2D eigenvalue weighted by molar-refractivity contribution is 7.90. The summed E-state index contributed by atoms with van der Waals surface area (Å²) in [5.41, 5.74) is 0.431. The van der Waals surface area contributed by atoms with E-state index in [9.17, 15) is 13.2 Å². The van der Waals surface area contributed by atoms with Crippen molar-refractivity contribution >= 4 is 37.9 Å². The minimum absolute atomic E-state index is 0.0145. The summed E-state index contributed by atoms with van der Waals surface area (Å²) in [5, 5.41) is 15.8. The Bertz CT molecular complexity index is 1030. The first-order chi connectivity index (χ1) is 13.4. The van der Waals surface area contributed by atoms with Crippen LogP contribution in [0.4, 0.5) is 5.13 Å². The molecule has 0 aliphatic heterocycles. The number of nitrogens with zero attached hydrogens (tertiary/aromatic N) is 3. The SMILES string of the molecule is CS(=O)(=O)c1ccc(C(=NOC2CCCC2)C(=O)Nc2ncc(C#N)s2)cc1. The van der Waals surface area contributed by atoms with Crippen LogP contribution in [0.5, 0.6) is 0 Å². The average Bonchev–Trinajstić information content (AvgIpc) is 3.33. The molecule has 0 spiro atoms. The Balaban J connectivity index is 1.86. The topological polar surface area (TPSA) is 122 Å². The Labute approximate surface area is 166 Å². The fraction of sp³-hybridized carbons (Fsp3) is 0.333. The van der Waals surface area contributed by atoms with Gasteiger partial charge in [0.1, 0.15) is 17.1 Å². The monoisotopic (exact) mass is 418 g/mol. The summed E-state index contributed by atoms with van der Waals surface area (Å²) >= 11 is 1.04. The largest absolute Gasteiger partial charge is 0.392 e. The number of carbonyl (C=O) groups excluding carboxylic acids is 1. The minimum atomic E-state index is -3.35. The molecule has 10 heteroatoms. The molecule has 1 amide bonds. The lowest BCUT2D eigenvalue weighted by molar-refractivity contribution is -0.110. The van der Waals surface area contributed by atoms with Crippen LogP contribution in [0, 0.1) is 11.3 Å². The van der Waals surface area contributed by atoms with Gasteiger partial charge in [-0.25, -0.2) is 13.4 Å². The van der Waals surface area contributed by atoms with E-state index in [1.807, 2.05) is 6.07 Å². The van der Waals surface area contributed by atoms with E-state index in [1.54, 1.807) is 0 Å². The third-order valence-electron chi connectivity index (χ3n) is 4.20. The van der Waals surface area contributed by atoms with Crippen LogP contribution in [-0.4, -0.2) is 37.4 Å². The van der Waals surface area contributed by atoms with Gasteiger partial charge in [0, 0.05) is 11.8 Å². The first-order valence-electron chi connectivity index (χ1n) is 8.58. The molecular weight excluding hydrogens is 400 g/mol. The number of hydrogen-bond donors (Lipinski definition) is 1. The van der Waals surface area contributed by atoms with Gasteiger partial charge in [-0.2, -0.15) is 5.26 Å². The molecule has 1 saturated carbocycles. The summed E-state index contributed by atoms with van der Waals surface area (Å²) in [6.45, 7) is 0. The van der Waals surface area contributed by atoms with Crippen molar-refractivity contribution in [3.8, 4) is 6.07 Å². The first kappa shape index (κ1) is 20.0. The van der Waals surface area contributed by atoms with Crippen molar-refractivity contribution in [1.29, 1.82) is 5.26 Å². The molecule has 146 valence electrons. The molecule has 0 bridgehead atoms. The maximum absolute atomic E-state index is 12.7. The van der Waals surface area contributed by atoms with Gasteiger partial charge < -0.3 is 4.84 Å². The number of oxime groups is 1. The second-order valence-electron chi connectivity index (χ2n) is 6.34. The summed E-state index contributed by atoms with van der Waals surface area (Å²) in [6, 6.07) is 7.81. The van der Waals surface area contributed by atoms with Gasteiger partial charge in [0.15, 0.2) is 20.7 Å². The third-order valence-corrected chi connectivity index (χ3v) is 6.15. The van der Waals surface area contributed by atoms with Crippen molar-refractivity contribution in [1.82, 2.24) is 4.98 Å². The molecule has 1 aromatic heterocycles. The maximum Gasteiger partial charge on any atom is 0.280 e. The van der Waals surface area contributed by atoms with Crippen molar-refractivity contribution < 1.29 is 18.0 Å². The van der Waals surface area contributed by atoms with E-state index in [0.717, 1.165) is 43.3 Å². The van der Waals surface area contributed by atoms with Crippen molar-refractivity contribution in [2.45, 2.75) is 36.7 Å². The lowest BCUT2D eigenvalue weighted by Crippen LogP contribution is -2.25. The van der Waals surface area contributed by atoms with Gasteiger partial charge in [0.05, 0.1) is 11.1 Å². The van der Waals surface area contributed by atoms with Gasteiger partial charge in [-0.3, -0.25) is 10.1 Å². The number of nitrogens with one attached hydrogen (secondary N) is 1. The van der Waals surface area contributed by atoms with E-state index < -0.39 is 15.7 Å². The van der Waals surface area contributed by atoms with E-state index >= 15 is 0 Å². The number of aromatic nitrogens is 1. The number of hydrogen-bond acceptors (Lipinski definition) is 8. The van der Waals surface area contributed by atoms with E-state index in [2.05, 4.69) is 15.5 Å². The number of benzene rings is 1. The van der Waals surface area contributed by atoms with Crippen molar-refractivity contribution in [3.63, 3.8) is 0 Å². The summed E-state index contributed by atoms with van der Waals surface area (Å²) in [6.07, 6.45) is 6.31. The van der Waals surface area contributed by atoms with Crippen LogP contribution in [0.1, 0.15) is 36.1 Å². The molecule has 1 aliphatic carbocycles. The summed E-state index contributed by atoms with van der Waals surface area (Å²) in [5.74, 6) is -0.552. The highest BCUT2D eigenvalue weighted by atomic mass is 32.2. The number of sulfone groups is 1. The molecule has 28 heavy (non-hydrogen) atoms. The normalized spacial score (nSPS) is 15.2. The molecule has 0 atom stereocenters. The number of nitriles is 1. The number of thiazole rings is 1. The third kappa shape index (κ3) is 4.94. The minimum Gasteiger partial charge on any atom is -0.392 e. The Kier molecular flexibility index (Phi) is 6.06. The summed E-state index contributed by atoms with van der Waals surface area (Å²) < 4.78 is 23.3. The molecule has 1 fully saturated rings. The zero-order valence-corrected chi connectivity index (χ0v) is 16.7. The fourth-order valence-corrected chi connectivity index (χ4v) is 3.99. The maximum atomic E-state index is 12.7. The van der Waals surface area contributed by atoms with E-state index in [1.165, 1.54) is 30.5 Å². The molecule has 1 heterocycles. The number of carbonyl (C=O) groups is 1. The van der Waals surface area contributed by atoms with Crippen LogP contribution in [0.2, 0.25) is 0 Å². The first-order valence-corrected chi connectivity index (χ1v) is 11.3. The molecule has 3 rings (SSSR count). The highest BCUT2D eigenvalue weighted by Gasteiger charge is 2.21. The molecule has 0 saturated heterocycles. The molecule has 8 nitrogen and oxygen atoms in total. The van der Waals surface area contributed by atoms with Crippen molar-refractivity contribution in [2.24, 2.45) is 5.16 Å². The van der Waals surface area contributed by atoms with Gasteiger partial charge in [-0.15, -0.1) is 0 Å². The predicted molar refractivity (Wildman–Crippen MR) is 105 cm³/mol. The van der Waals surface area contributed by atoms with E-state index in [4.69, 9.17) is 10.1 Å². The second kappa shape index (κ2) is 8.50. The van der Waals surface area contributed by atoms with Crippen LogP contribution < -0.4 is 5.32 Å². The smallest absolute Gasteiger partial charge is 0.280 e. The molecule has 1 N–H and O–H groups in total. The van der Waals surface area contributed by atoms with Gasteiger partial charge in [0.2, 0.25) is 0 Å². The summed E-state index contributed by atoms with van der Waals surface area (Å²) in [4.78, 5) is 22.8. The van der Waals surface area contributed by atoms with Gasteiger partial charge in [-0.05, 0) is 37.8 Å². The standard InChI is InChI=1S/C18H18N4O4S2/c1-28(24,25)15-8-6-12(7-9-15)16(22-26-13-4-2-3-5-13)17(23)21-18-20-11-14(10-19)27-18/h6-9,11,13H,2-5H2,1H3,(H,20,21,23). The van der Waals surface area contributed by atoms with Crippen molar-refractivity contribution in [2.75, 3.05) is 11.6 Å². The lowest BCUT2D eigenvalue weighted by atomic mass is 10.1. The van der Waals surface area contributed by atoms with Gasteiger partial charge >= 0.3 is 0 Å². The summed E-state index contributed by atoms with van der Waals surface area (Å²) in [7, 11) is -3.35. The van der Waals surface area contributed by atoms with Crippen LogP contribution in [0.15, 0.2) is 40.5 Å². The number of anilines is 1. The Hall–Kier alpha value is -2.77. The van der Waals surface area contributed by atoms with Crippen LogP contribution in [0.3, 0.4) is 0 Å². The molecule has 1 aliphatic rings.